The van der Waals surface area contributed by atoms with E-state index in [0.717, 1.165) is 19.5 Å². The number of hydrogen-bond donors (Lipinski definition) is 0. The Labute approximate surface area is 74.7 Å². The van der Waals surface area contributed by atoms with Gasteiger partial charge in [-0.3, -0.25) is 4.79 Å². The number of carbonyl (C=O) groups is 1. The Morgan fingerprint density at radius 2 is 2.08 bits per heavy atom. The first-order valence-electron chi connectivity index (χ1n) is 4.42. The zero-order valence-electron chi connectivity index (χ0n) is 8.30. The van der Waals surface area contributed by atoms with Gasteiger partial charge >= 0.3 is 0 Å². The summed E-state index contributed by atoms with van der Waals surface area (Å²) in [7, 11) is 2.06. The number of nitrogens with zero attached hydrogens (tertiary/aromatic N) is 1. The molecule has 0 aromatic heterocycles. The minimum absolute atomic E-state index is 0.0909. The van der Waals surface area contributed by atoms with Gasteiger partial charge in [-0.05, 0) is 26.9 Å². The number of ether oxygens (including phenoxy) is 1. The van der Waals surface area contributed by atoms with Gasteiger partial charge in [-0.2, -0.15) is 0 Å². The lowest BCUT2D eigenvalue weighted by atomic mass is 10.4. The van der Waals surface area contributed by atoms with Crippen molar-refractivity contribution in [1.29, 1.82) is 0 Å². The minimum atomic E-state index is 0.0909. The lowest BCUT2D eigenvalue weighted by Crippen LogP contribution is -2.24. The number of likely N-dealkylation sites (N-methyl/N-ethyl adjacent to an activating group) is 1. The molecule has 0 aliphatic heterocycles. The number of rotatable bonds is 7. The van der Waals surface area contributed by atoms with Gasteiger partial charge in [0.15, 0.2) is 5.78 Å². The van der Waals surface area contributed by atoms with Crippen molar-refractivity contribution in [2.24, 2.45) is 0 Å². The van der Waals surface area contributed by atoms with Crippen molar-refractivity contribution in [3.8, 4) is 0 Å². The Hall–Kier alpha value is -0.410. The van der Waals surface area contributed by atoms with Crippen LogP contribution in [-0.2, 0) is 9.53 Å². The van der Waals surface area contributed by atoms with Crippen molar-refractivity contribution < 1.29 is 9.53 Å². The van der Waals surface area contributed by atoms with Crippen LogP contribution in [0.5, 0.6) is 0 Å². The molecule has 0 saturated heterocycles. The van der Waals surface area contributed by atoms with E-state index >= 15 is 0 Å². The van der Waals surface area contributed by atoms with Gasteiger partial charge in [0, 0.05) is 6.54 Å². The third kappa shape index (κ3) is 7.69. The molecule has 12 heavy (non-hydrogen) atoms. The molecule has 0 aliphatic rings. The monoisotopic (exact) mass is 173 g/mol. The summed E-state index contributed by atoms with van der Waals surface area (Å²) in [6.07, 6.45) is 1.16. The molecule has 72 valence electrons. The predicted octanol–water partition coefficient (Wildman–Crippen LogP) is 0.934. The maximum absolute atomic E-state index is 10.5. The number of hydrogen-bond acceptors (Lipinski definition) is 3. The molecule has 0 fully saturated rings. The second-order valence-electron chi connectivity index (χ2n) is 3.06. The Bertz CT molecular complexity index is 126. The summed E-state index contributed by atoms with van der Waals surface area (Å²) in [6.45, 7) is 6.57. The molecule has 0 saturated carbocycles. The molecule has 0 unspecified atom stereocenters. The fourth-order valence-electron chi connectivity index (χ4n) is 0.930. The van der Waals surface area contributed by atoms with Crippen LogP contribution in [-0.4, -0.2) is 44.0 Å². The standard InChI is InChI=1S/C9H19NO2/c1-4-5-10(3)6-7-12-8-9(2)11/h4-8H2,1-3H3. The molecule has 3 nitrogen and oxygen atoms in total. The molecule has 0 aliphatic carbocycles. The lowest BCUT2D eigenvalue weighted by molar-refractivity contribution is -0.121. The van der Waals surface area contributed by atoms with Crippen molar-refractivity contribution in [1.82, 2.24) is 4.90 Å². The highest BCUT2D eigenvalue weighted by Gasteiger charge is 1.96. The van der Waals surface area contributed by atoms with E-state index in [2.05, 4.69) is 18.9 Å². The molecule has 0 atom stereocenters. The highest BCUT2D eigenvalue weighted by molar-refractivity contribution is 5.76. The fraction of sp³-hybridized carbons (Fsp3) is 0.889. The summed E-state index contributed by atoms with van der Waals surface area (Å²) in [5.41, 5.74) is 0. The van der Waals surface area contributed by atoms with Crippen LogP contribution >= 0.6 is 0 Å². The van der Waals surface area contributed by atoms with E-state index in [1.165, 1.54) is 6.92 Å². The quantitative estimate of drug-likeness (QED) is 0.536. The first-order valence-corrected chi connectivity index (χ1v) is 4.42. The number of ketones is 1. The summed E-state index contributed by atoms with van der Waals surface area (Å²) < 4.78 is 5.12. The van der Waals surface area contributed by atoms with Crippen molar-refractivity contribution in [3.05, 3.63) is 0 Å². The molecule has 0 heterocycles. The van der Waals surface area contributed by atoms with Crippen molar-refractivity contribution in [3.63, 3.8) is 0 Å². The van der Waals surface area contributed by atoms with E-state index in [1.807, 2.05) is 0 Å². The highest BCUT2D eigenvalue weighted by Crippen LogP contribution is 1.86. The Morgan fingerprint density at radius 1 is 1.42 bits per heavy atom. The first-order chi connectivity index (χ1) is 5.66. The molecule has 0 amide bonds. The van der Waals surface area contributed by atoms with Gasteiger partial charge in [-0.1, -0.05) is 6.92 Å². The van der Waals surface area contributed by atoms with Crippen LogP contribution in [0.15, 0.2) is 0 Å². The molecule has 0 aromatic carbocycles. The topological polar surface area (TPSA) is 29.5 Å². The van der Waals surface area contributed by atoms with Gasteiger partial charge in [0.1, 0.15) is 6.61 Å². The van der Waals surface area contributed by atoms with E-state index in [-0.39, 0.29) is 12.4 Å². The van der Waals surface area contributed by atoms with Crippen molar-refractivity contribution >= 4 is 5.78 Å². The zero-order valence-corrected chi connectivity index (χ0v) is 8.30. The smallest absolute Gasteiger partial charge is 0.155 e. The molecule has 0 aromatic rings. The summed E-state index contributed by atoms with van der Waals surface area (Å²) in [5.74, 6) is 0.0909. The van der Waals surface area contributed by atoms with Gasteiger partial charge in [-0.15, -0.1) is 0 Å². The normalized spacial score (nSPS) is 10.7. The maximum atomic E-state index is 10.5. The third-order valence-electron chi connectivity index (χ3n) is 1.53. The molecule has 3 heteroatoms. The summed E-state index contributed by atoms with van der Waals surface area (Å²) in [5, 5.41) is 0. The Balaban J connectivity index is 3.13. The van der Waals surface area contributed by atoms with E-state index in [0.29, 0.717) is 6.61 Å². The first kappa shape index (κ1) is 11.6. The Morgan fingerprint density at radius 3 is 2.58 bits per heavy atom. The summed E-state index contributed by atoms with van der Waals surface area (Å²) in [6, 6.07) is 0. The largest absolute Gasteiger partial charge is 0.372 e. The molecule has 0 radical (unpaired) electrons. The van der Waals surface area contributed by atoms with Crippen molar-refractivity contribution in [2.45, 2.75) is 20.3 Å². The fourth-order valence-corrected chi connectivity index (χ4v) is 0.930. The lowest BCUT2D eigenvalue weighted by Gasteiger charge is -2.14. The van der Waals surface area contributed by atoms with E-state index < -0.39 is 0 Å². The second kappa shape index (κ2) is 7.25. The van der Waals surface area contributed by atoms with Gasteiger partial charge in [-0.25, -0.2) is 0 Å². The van der Waals surface area contributed by atoms with Crippen LogP contribution in [0.2, 0.25) is 0 Å². The van der Waals surface area contributed by atoms with Gasteiger partial charge in [0.25, 0.3) is 0 Å². The zero-order chi connectivity index (χ0) is 9.40. The predicted molar refractivity (Wildman–Crippen MR) is 49.3 cm³/mol. The van der Waals surface area contributed by atoms with Gasteiger partial charge in [0.05, 0.1) is 6.61 Å². The number of carbonyl (C=O) groups excluding carboxylic acids is 1. The van der Waals surface area contributed by atoms with Crippen LogP contribution in [0, 0.1) is 0 Å². The Kier molecular flexibility index (Phi) is 7.00. The third-order valence-corrected chi connectivity index (χ3v) is 1.53. The minimum Gasteiger partial charge on any atom is -0.372 e. The maximum Gasteiger partial charge on any atom is 0.155 e. The molecular formula is C9H19NO2. The molecular weight excluding hydrogens is 154 g/mol. The highest BCUT2D eigenvalue weighted by atomic mass is 16.5. The average Bonchev–Trinajstić information content (AvgIpc) is 1.98. The van der Waals surface area contributed by atoms with E-state index in [1.54, 1.807) is 0 Å². The second-order valence-corrected chi connectivity index (χ2v) is 3.06. The summed E-state index contributed by atoms with van der Waals surface area (Å²) >= 11 is 0. The average molecular weight is 173 g/mol. The van der Waals surface area contributed by atoms with E-state index in [4.69, 9.17) is 4.74 Å². The van der Waals surface area contributed by atoms with Crippen LogP contribution in [0.25, 0.3) is 0 Å². The van der Waals surface area contributed by atoms with Crippen molar-refractivity contribution in [2.75, 3.05) is 33.4 Å². The summed E-state index contributed by atoms with van der Waals surface area (Å²) in [4.78, 5) is 12.7. The van der Waals surface area contributed by atoms with Gasteiger partial charge < -0.3 is 9.64 Å². The van der Waals surface area contributed by atoms with E-state index in [9.17, 15) is 4.79 Å². The number of Topliss-reactive ketones (excluding diaryl/α,β-unsaturated/α-hetero) is 1. The molecule has 0 N–H and O–H groups in total. The van der Waals surface area contributed by atoms with Crippen LogP contribution in [0.1, 0.15) is 20.3 Å². The van der Waals surface area contributed by atoms with Gasteiger partial charge in [0.2, 0.25) is 0 Å². The van der Waals surface area contributed by atoms with Crippen LogP contribution < -0.4 is 0 Å². The van der Waals surface area contributed by atoms with Crippen LogP contribution in [0.4, 0.5) is 0 Å². The van der Waals surface area contributed by atoms with Crippen LogP contribution in [0.3, 0.4) is 0 Å². The molecule has 0 rings (SSSR count). The SMILES string of the molecule is CCCN(C)CCOCC(C)=O. The molecule has 0 spiro atoms. The molecule has 0 bridgehead atoms.